The molecule has 0 radical (unpaired) electrons. The van der Waals surface area contributed by atoms with Crippen LogP contribution in [0.2, 0.25) is 0 Å². The number of nitrogens with one attached hydrogen (secondary N) is 1. The normalized spacial score (nSPS) is 16.0. The molecule has 0 aromatic carbocycles. The van der Waals surface area contributed by atoms with Gasteiger partial charge in [-0.25, -0.2) is 4.79 Å². The Morgan fingerprint density at radius 3 is 2.76 bits per heavy atom. The first-order valence-corrected chi connectivity index (χ1v) is 6.29. The van der Waals surface area contributed by atoms with Crippen molar-refractivity contribution in [3.8, 4) is 0 Å². The van der Waals surface area contributed by atoms with Gasteiger partial charge in [0.1, 0.15) is 0 Å². The highest BCUT2D eigenvalue weighted by Crippen LogP contribution is 2.16. The first-order valence-electron chi connectivity index (χ1n) is 6.29. The fourth-order valence-corrected chi connectivity index (χ4v) is 2.19. The topological polar surface area (TPSA) is 50.2 Å². The van der Waals surface area contributed by atoms with Crippen molar-refractivity contribution in [2.45, 2.75) is 32.6 Å². The van der Waals surface area contributed by atoms with Crippen molar-refractivity contribution in [2.75, 3.05) is 18.4 Å². The van der Waals surface area contributed by atoms with E-state index in [1.54, 1.807) is 4.68 Å². The Morgan fingerprint density at radius 2 is 2.12 bits per heavy atom. The van der Waals surface area contributed by atoms with Gasteiger partial charge >= 0.3 is 6.03 Å². The molecule has 17 heavy (non-hydrogen) atoms. The van der Waals surface area contributed by atoms with Gasteiger partial charge in [0.15, 0.2) is 0 Å². The van der Waals surface area contributed by atoms with E-state index in [1.165, 1.54) is 6.42 Å². The number of nitrogens with zero attached hydrogens (tertiary/aromatic N) is 3. The maximum Gasteiger partial charge on any atom is 0.321 e. The lowest BCUT2D eigenvalue weighted by atomic mass is 10.1. The molecule has 1 aliphatic rings. The lowest BCUT2D eigenvalue weighted by Gasteiger charge is -2.26. The molecule has 2 rings (SSSR count). The van der Waals surface area contributed by atoms with Gasteiger partial charge in [-0.1, -0.05) is 6.92 Å². The van der Waals surface area contributed by atoms with Gasteiger partial charge in [0, 0.05) is 26.3 Å². The van der Waals surface area contributed by atoms with Gasteiger partial charge in [0.05, 0.1) is 11.4 Å². The molecule has 0 saturated carbocycles. The third kappa shape index (κ3) is 2.78. The second-order valence-corrected chi connectivity index (χ2v) is 4.49. The minimum absolute atomic E-state index is 0.00685. The van der Waals surface area contributed by atoms with E-state index in [4.69, 9.17) is 0 Å². The number of aromatic nitrogens is 2. The molecule has 0 aliphatic carbocycles. The zero-order valence-electron chi connectivity index (χ0n) is 10.6. The molecule has 1 aliphatic heterocycles. The molecule has 1 fully saturated rings. The average molecular weight is 236 g/mol. The Balaban J connectivity index is 2.01. The molecule has 0 spiro atoms. The molecule has 0 unspecified atom stereocenters. The summed E-state index contributed by atoms with van der Waals surface area (Å²) in [7, 11) is 1.87. The lowest BCUT2D eigenvalue weighted by molar-refractivity contribution is 0.200. The van der Waals surface area contributed by atoms with Gasteiger partial charge in [0.25, 0.3) is 0 Å². The van der Waals surface area contributed by atoms with Crippen molar-refractivity contribution < 1.29 is 4.79 Å². The molecule has 1 aromatic rings. The third-order valence-electron chi connectivity index (χ3n) is 3.13. The van der Waals surface area contributed by atoms with Crippen LogP contribution in [0.15, 0.2) is 6.20 Å². The van der Waals surface area contributed by atoms with Crippen molar-refractivity contribution in [2.24, 2.45) is 7.05 Å². The van der Waals surface area contributed by atoms with E-state index in [2.05, 4.69) is 10.4 Å². The third-order valence-corrected chi connectivity index (χ3v) is 3.13. The van der Waals surface area contributed by atoms with Crippen LogP contribution < -0.4 is 5.32 Å². The van der Waals surface area contributed by atoms with Gasteiger partial charge in [-0.2, -0.15) is 5.10 Å². The van der Waals surface area contributed by atoms with Gasteiger partial charge in [0.2, 0.25) is 0 Å². The van der Waals surface area contributed by atoms with E-state index in [0.29, 0.717) is 0 Å². The summed E-state index contributed by atoms with van der Waals surface area (Å²) in [4.78, 5) is 13.9. The van der Waals surface area contributed by atoms with Crippen LogP contribution in [0.25, 0.3) is 0 Å². The number of rotatable bonds is 2. The minimum atomic E-state index is 0.00685. The molecule has 0 atom stereocenters. The summed E-state index contributed by atoms with van der Waals surface area (Å²) in [6.45, 7) is 3.78. The summed E-state index contributed by atoms with van der Waals surface area (Å²) in [6, 6.07) is 0.00685. The van der Waals surface area contributed by atoms with Crippen LogP contribution in [0, 0.1) is 0 Å². The fraction of sp³-hybridized carbons (Fsp3) is 0.667. The number of urea groups is 1. The number of carbonyl (C=O) groups excluding carboxylic acids is 1. The molecule has 1 aromatic heterocycles. The quantitative estimate of drug-likeness (QED) is 0.853. The Hall–Kier alpha value is -1.52. The number of piperidine rings is 1. The summed E-state index contributed by atoms with van der Waals surface area (Å²) >= 11 is 0. The number of anilines is 1. The van der Waals surface area contributed by atoms with Crippen LogP contribution in [0.1, 0.15) is 31.9 Å². The molecular formula is C12H20N4O. The first-order chi connectivity index (χ1) is 8.20. The van der Waals surface area contributed by atoms with Crippen LogP contribution in [-0.4, -0.2) is 33.8 Å². The summed E-state index contributed by atoms with van der Waals surface area (Å²) < 4.78 is 1.74. The van der Waals surface area contributed by atoms with Crippen molar-refractivity contribution in [3.63, 3.8) is 0 Å². The van der Waals surface area contributed by atoms with Crippen LogP contribution in [0.3, 0.4) is 0 Å². The smallest absolute Gasteiger partial charge is 0.321 e. The maximum atomic E-state index is 12.0. The Morgan fingerprint density at radius 1 is 1.41 bits per heavy atom. The van der Waals surface area contributed by atoms with E-state index in [1.807, 2.05) is 25.1 Å². The molecule has 0 bridgehead atoms. The maximum absolute atomic E-state index is 12.0. The van der Waals surface area contributed by atoms with Gasteiger partial charge in [-0.05, 0) is 25.7 Å². The Bertz CT molecular complexity index is 393. The number of hydrogen-bond donors (Lipinski definition) is 1. The van der Waals surface area contributed by atoms with Crippen molar-refractivity contribution in [1.82, 2.24) is 14.7 Å². The number of carbonyl (C=O) groups is 1. The average Bonchev–Trinajstić information content (AvgIpc) is 2.70. The first kappa shape index (κ1) is 12.0. The summed E-state index contributed by atoms with van der Waals surface area (Å²) in [6.07, 6.45) is 6.15. The molecule has 2 amide bonds. The van der Waals surface area contributed by atoms with Crippen LogP contribution in [0.4, 0.5) is 10.5 Å². The fourth-order valence-electron chi connectivity index (χ4n) is 2.19. The largest absolute Gasteiger partial charge is 0.325 e. The molecule has 5 nitrogen and oxygen atoms in total. The summed E-state index contributed by atoms with van der Waals surface area (Å²) in [5, 5.41) is 7.27. The van der Waals surface area contributed by atoms with E-state index in [9.17, 15) is 4.79 Å². The van der Waals surface area contributed by atoms with E-state index < -0.39 is 0 Å². The predicted molar refractivity (Wildman–Crippen MR) is 67.0 cm³/mol. The van der Waals surface area contributed by atoms with E-state index >= 15 is 0 Å². The summed E-state index contributed by atoms with van der Waals surface area (Å²) in [5.41, 5.74) is 1.78. The highest BCUT2D eigenvalue weighted by Gasteiger charge is 2.18. The van der Waals surface area contributed by atoms with Gasteiger partial charge in [-0.15, -0.1) is 0 Å². The van der Waals surface area contributed by atoms with Crippen LogP contribution in [0.5, 0.6) is 0 Å². The zero-order valence-corrected chi connectivity index (χ0v) is 10.6. The molecule has 2 heterocycles. The molecule has 5 heteroatoms. The summed E-state index contributed by atoms with van der Waals surface area (Å²) in [5.74, 6) is 0. The van der Waals surface area contributed by atoms with E-state index in [0.717, 1.165) is 43.7 Å². The Labute approximate surface area is 102 Å². The monoisotopic (exact) mass is 236 g/mol. The number of aryl methyl sites for hydroxylation is 2. The number of likely N-dealkylation sites (tertiary alicyclic amines) is 1. The van der Waals surface area contributed by atoms with Gasteiger partial charge in [-0.3, -0.25) is 4.68 Å². The molecular weight excluding hydrogens is 216 g/mol. The molecule has 1 saturated heterocycles. The minimum Gasteiger partial charge on any atom is -0.325 e. The second kappa shape index (κ2) is 5.21. The zero-order chi connectivity index (χ0) is 12.3. The van der Waals surface area contributed by atoms with E-state index in [-0.39, 0.29) is 6.03 Å². The van der Waals surface area contributed by atoms with Crippen molar-refractivity contribution in [3.05, 3.63) is 11.9 Å². The lowest BCUT2D eigenvalue weighted by Crippen LogP contribution is -2.38. The molecule has 1 N–H and O–H groups in total. The number of hydrogen-bond acceptors (Lipinski definition) is 2. The van der Waals surface area contributed by atoms with Crippen molar-refractivity contribution >= 4 is 11.7 Å². The Kier molecular flexibility index (Phi) is 3.66. The predicted octanol–water partition coefficient (Wildman–Crippen LogP) is 2.00. The van der Waals surface area contributed by atoms with Crippen LogP contribution in [-0.2, 0) is 13.5 Å². The van der Waals surface area contributed by atoms with Crippen molar-refractivity contribution in [1.29, 1.82) is 0 Å². The highest BCUT2D eigenvalue weighted by molar-refractivity contribution is 5.89. The second-order valence-electron chi connectivity index (χ2n) is 4.49. The molecule has 94 valence electrons. The highest BCUT2D eigenvalue weighted by atomic mass is 16.2. The van der Waals surface area contributed by atoms with Crippen LogP contribution >= 0.6 is 0 Å². The standard InChI is InChI=1S/C12H20N4O/c1-3-10-11(9-15(2)14-10)13-12(17)16-7-5-4-6-8-16/h9H,3-8H2,1-2H3,(H,13,17). The number of amides is 2. The SMILES string of the molecule is CCc1nn(C)cc1NC(=O)N1CCCCC1. The van der Waals surface area contributed by atoms with Gasteiger partial charge < -0.3 is 10.2 Å².